The van der Waals surface area contributed by atoms with E-state index in [9.17, 15) is 4.39 Å². The van der Waals surface area contributed by atoms with E-state index in [-0.39, 0.29) is 27.9 Å². The van der Waals surface area contributed by atoms with Crippen LogP contribution in [-0.2, 0) is 0 Å². The molecule has 0 aliphatic rings. The van der Waals surface area contributed by atoms with Gasteiger partial charge in [0, 0.05) is 6.07 Å². The van der Waals surface area contributed by atoms with Crippen LogP contribution >= 0.6 is 11.6 Å². The Labute approximate surface area is 89.1 Å². The monoisotopic (exact) mass is 228 g/mol. The Kier molecular flexibility index (Phi) is 2.24. The Balaban J connectivity index is 2.59. The Bertz CT molecular complexity index is 513. The molecule has 15 heavy (non-hydrogen) atoms. The molecule has 0 saturated carbocycles. The van der Waals surface area contributed by atoms with Crippen molar-refractivity contribution in [3.05, 3.63) is 29.0 Å². The first-order chi connectivity index (χ1) is 7.09. The Hall–Kier alpha value is -1.75. The molecule has 4 nitrogen and oxygen atoms in total. The highest BCUT2D eigenvalue weighted by molar-refractivity contribution is 6.32. The summed E-state index contributed by atoms with van der Waals surface area (Å²) in [6, 6.07) is 3.96. The van der Waals surface area contributed by atoms with Crippen molar-refractivity contribution in [2.45, 2.75) is 0 Å². The van der Waals surface area contributed by atoms with E-state index in [1.54, 1.807) is 0 Å². The molecule has 3 N–H and O–H groups in total. The number of aromatic hydroxyl groups is 1. The van der Waals surface area contributed by atoms with Crippen LogP contribution in [0.25, 0.3) is 11.3 Å². The zero-order chi connectivity index (χ0) is 11.0. The van der Waals surface area contributed by atoms with Crippen LogP contribution in [0.15, 0.2) is 22.7 Å². The second-order valence-electron chi connectivity index (χ2n) is 2.88. The van der Waals surface area contributed by atoms with Gasteiger partial charge in [0.25, 0.3) is 0 Å². The molecule has 1 aromatic heterocycles. The topological polar surface area (TPSA) is 72.3 Å². The van der Waals surface area contributed by atoms with Crippen LogP contribution in [0.1, 0.15) is 0 Å². The normalized spacial score (nSPS) is 10.5. The third-order valence-electron chi connectivity index (χ3n) is 1.86. The number of benzene rings is 1. The minimum absolute atomic E-state index is 0.0991. The van der Waals surface area contributed by atoms with Gasteiger partial charge in [0.1, 0.15) is 10.8 Å². The lowest BCUT2D eigenvalue weighted by Crippen LogP contribution is -1.84. The van der Waals surface area contributed by atoms with Gasteiger partial charge in [-0.2, -0.15) is 0 Å². The molecule has 78 valence electrons. The quantitative estimate of drug-likeness (QED) is 0.786. The third-order valence-corrected chi connectivity index (χ3v) is 2.22. The number of nitrogens with two attached hydrogens (primary N) is 1. The molecule has 2 rings (SSSR count). The predicted octanol–water partition coefficient (Wildman–Crippen LogP) is 2.42. The van der Waals surface area contributed by atoms with Crippen molar-refractivity contribution in [2.75, 3.05) is 5.73 Å². The van der Waals surface area contributed by atoms with E-state index in [0.717, 1.165) is 0 Å². The van der Waals surface area contributed by atoms with E-state index in [2.05, 4.69) is 5.16 Å². The van der Waals surface area contributed by atoms with Crippen LogP contribution in [0.3, 0.4) is 0 Å². The van der Waals surface area contributed by atoms with Crippen LogP contribution in [-0.4, -0.2) is 10.3 Å². The summed E-state index contributed by atoms with van der Waals surface area (Å²) in [6.45, 7) is 0. The average molecular weight is 229 g/mol. The fourth-order valence-corrected chi connectivity index (χ4v) is 1.31. The number of phenolic OH excluding ortho intramolecular Hbond substituents is 1. The van der Waals surface area contributed by atoms with Crippen LogP contribution in [0.4, 0.5) is 10.2 Å². The number of anilines is 1. The summed E-state index contributed by atoms with van der Waals surface area (Å²) < 4.78 is 18.3. The maximum absolute atomic E-state index is 13.5. The summed E-state index contributed by atoms with van der Waals surface area (Å²) in [4.78, 5) is 0. The first kappa shape index (κ1) is 9.79. The van der Waals surface area contributed by atoms with Crippen molar-refractivity contribution >= 4 is 17.4 Å². The lowest BCUT2D eigenvalue weighted by atomic mass is 10.1. The maximum Gasteiger partial charge on any atom is 0.172 e. The standard InChI is InChI=1S/C9H6ClFN2O2/c10-8-5(14)2-1-4(9(8)11)6-3-7(12)13-15-6/h1-3,14H,(H2,12,13). The van der Waals surface area contributed by atoms with Gasteiger partial charge >= 0.3 is 0 Å². The second kappa shape index (κ2) is 3.43. The fraction of sp³-hybridized carbons (Fsp3) is 0. The molecule has 2 aromatic rings. The number of hydrogen-bond donors (Lipinski definition) is 2. The molecule has 0 radical (unpaired) electrons. The highest BCUT2D eigenvalue weighted by Crippen LogP contribution is 2.34. The molecule has 0 aliphatic carbocycles. The summed E-state index contributed by atoms with van der Waals surface area (Å²) in [5.74, 6) is -0.793. The minimum Gasteiger partial charge on any atom is -0.506 e. The SMILES string of the molecule is Nc1cc(-c2ccc(O)c(Cl)c2F)on1. The van der Waals surface area contributed by atoms with Crippen molar-refractivity contribution in [3.63, 3.8) is 0 Å². The van der Waals surface area contributed by atoms with Gasteiger partial charge in [-0.25, -0.2) is 4.39 Å². The summed E-state index contributed by atoms with van der Waals surface area (Å²) in [5, 5.41) is 12.2. The van der Waals surface area contributed by atoms with E-state index in [4.69, 9.17) is 27.0 Å². The van der Waals surface area contributed by atoms with Gasteiger partial charge in [-0.15, -0.1) is 0 Å². The molecule has 0 atom stereocenters. The van der Waals surface area contributed by atoms with Gasteiger partial charge in [-0.05, 0) is 12.1 Å². The molecule has 1 heterocycles. The number of nitrogens with zero attached hydrogens (tertiary/aromatic N) is 1. The number of halogens is 2. The summed E-state index contributed by atoms with van der Waals surface area (Å²) in [6.07, 6.45) is 0. The number of aromatic nitrogens is 1. The summed E-state index contributed by atoms with van der Waals surface area (Å²) in [5.41, 5.74) is 5.42. The van der Waals surface area contributed by atoms with E-state index in [1.807, 2.05) is 0 Å². The summed E-state index contributed by atoms with van der Waals surface area (Å²) >= 11 is 5.52. The van der Waals surface area contributed by atoms with Crippen LogP contribution < -0.4 is 5.73 Å². The molecule has 0 spiro atoms. The Morgan fingerprint density at radius 1 is 1.47 bits per heavy atom. The second-order valence-corrected chi connectivity index (χ2v) is 3.25. The fourth-order valence-electron chi connectivity index (χ4n) is 1.15. The highest BCUT2D eigenvalue weighted by Gasteiger charge is 2.15. The zero-order valence-electron chi connectivity index (χ0n) is 7.37. The van der Waals surface area contributed by atoms with Crippen LogP contribution in [0, 0.1) is 5.82 Å². The zero-order valence-corrected chi connectivity index (χ0v) is 8.12. The largest absolute Gasteiger partial charge is 0.506 e. The molecule has 1 aromatic carbocycles. The maximum atomic E-state index is 13.5. The molecule has 0 amide bonds. The minimum atomic E-state index is -0.771. The lowest BCUT2D eigenvalue weighted by Gasteiger charge is -2.01. The first-order valence-corrected chi connectivity index (χ1v) is 4.37. The van der Waals surface area contributed by atoms with Gasteiger partial charge in [-0.3, -0.25) is 0 Å². The van der Waals surface area contributed by atoms with Crippen LogP contribution in [0.5, 0.6) is 5.75 Å². The van der Waals surface area contributed by atoms with Gasteiger partial charge < -0.3 is 15.4 Å². The first-order valence-electron chi connectivity index (χ1n) is 3.99. The predicted molar refractivity (Wildman–Crippen MR) is 53.0 cm³/mol. The lowest BCUT2D eigenvalue weighted by molar-refractivity contribution is 0.432. The Morgan fingerprint density at radius 3 is 2.80 bits per heavy atom. The van der Waals surface area contributed by atoms with E-state index < -0.39 is 5.82 Å². The van der Waals surface area contributed by atoms with Gasteiger partial charge in [0.2, 0.25) is 0 Å². The number of rotatable bonds is 1. The average Bonchev–Trinajstić information content (AvgIpc) is 2.61. The third kappa shape index (κ3) is 1.61. The van der Waals surface area contributed by atoms with Gasteiger partial charge in [0.05, 0.1) is 5.56 Å². The van der Waals surface area contributed by atoms with Gasteiger partial charge in [0.15, 0.2) is 17.4 Å². The van der Waals surface area contributed by atoms with Crippen molar-refractivity contribution in [3.8, 4) is 17.1 Å². The molecular weight excluding hydrogens is 223 g/mol. The smallest absolute Gasteiger partial charge is 0.172 e. The molecule has 0 fully saturated rings. The highest BCUT2D eigenvalue weighted by atomic mass is 35.5. The molecule has 6 heteroatoms. The molecular formula is C9H6ClFN2O2. The molecule has 0 saturated heterocycles. The van der Waals surface area contributed by atoms with Crippen molar-refractivity contribution in [1.29, 1.82) is 0 Å². The van der Waals surface area contributed by atoms with Crippen molar-refractivity contribution in [1.82, 2.24) is 5.16 Å². The van der Waals surface area contributed by atoms with Crippen LogP contribution in [0.2, 0.25) is 5.02 Å². The van der Waals surface area contributed by atoms with E-state index in [1.165, 1.54) is 18.2 Å². The van der Waals surface area contributed by atoms with E-state index >= 15 is 0 Å². The molecule has 0 bridgehead atoms. The van der Waals surface area contributed by atoms with Gasteiger partial charge in [-0.1, -0.05) is 16.8 Å². The summed E-state index contributed by atoms with van der Waals surface area (Å²) in [7, 11) is 0. The molecule has 0 unspecified atom stereocenters. The Morgan fingerprint density at radius 2 is 2.20 bits per heavy atom. The number of phenols is 1. The van der Waals surface area contributed by atoms with E-state index in [0.29, 0.717) is 0 Å². The number of hydrogen-bond acceptors (Lipinski definition) is 4. The van der Waals surface area contributed by atoms with Crippen molar-refractivity contribution < 1.29 is 14.0 Å². The van der Waals surface area contributed by atoms with Crippen molar-refractivity contribution in [2.24, 2.45) is 0 Å². The number of nitrogen functional groups attached to an aromatic ring is 1. The molecule has 0 aliphatic heterocycles.